The molecule has 5 heteroatoms. The van der Waals surface area contributed by atoms with Crippen LogP contribution in [0.4, 0.5) is 0 Å². The molecular formula is C11H18N4O. The molecule has 16 heavy (non-hydrogen) atoms. The van der Waals surface area contributed by atoms with Gasteiger partial charge in [0.1, 0.15) is 5.82 Å². The zero-order valence-corrected chi connectivity index (χ0v) is 9.57. The quantitative estimate of drug-likeness (QED) is 0.783. The number of aromatic amines is 1. The maximum absolute atomic E-state index is 11.1. The van der Waals surface area contributed by atoms with Crippen LogP contribution >= 0.6 is 0 Å². The van der Waals surface area contributed by atoms with Crippen molar-refractivity contribution in [1.29, 1.82) is 0 Å². The van der Waals surface area contributed by atoms with Crippen LogP contribution in [-0.2, 0) is 11.3 Å². The van der Waals surface area contributed by atoms with Crippen molar-refractivity contribution in [2.45, 2.75) is 32.4 Å². The molecule has 0 spiro atoms. The minimum Gasteiger partial charge on any atom is -0.348 e. The van der Waals surface area contributed by atoms with Crippen LogP contribution in [0.2, 0.25) is 0 Å². The summed E-state index contributed by atoms with van der Waals surface area (Å²) in [5.41, 5.74) is 0. The van der Waals surface area contributed by atoms with E-state index in [9.17, 15) is 4.79 Å². The molecule has 0 saturated carbocycles. The van der Waals surface area contributed by atoms with Crippen molar-refractivity contribution in [3.63, 3.8) is 0 Å². The van der Waals surface area contributed by atoms with E-state index in [1.165, 1.54) is 0 Å². The topological polar surface area (TPSA) is 61.0 Å². The Morgan fingerprint density at radius 1 is 1.62 bits per heavy atom. The minimum atomic E-state index is 0.185. The third kappa shape index (κ3) is 2.82. The number of hydrogen-bond acceptors (Lipinski definition) is 3. The van der Waals surface area contributed by atoms with Gasteiger partial charge in [-0.3, -0.25) is 4.79 Å². The number of carbonyl (C=O) groups is 1. The largest absolute Gasteiger partial charge is 0.348 e. The first-order valence-corrected chi connectivity index (χ1v) is 5.73. The van der Waals surface area contributed by atoms with Crippen molar-refractivity contribution in [2.75, 3.05) is 13.1 Å². The number of imidazole rings is 1. The fraction of sp³-hybridized carbons (Fsp3) is 0.636. The number of amides is 1. The summed E-state index contributed by atoms with van der Waals surface area (Å²) in [6.45, 7) is 4.14. The zero-order valence-electron chi connectivity index (χ0n) is 9.57. The number of nitrogens with zero attached hydrogens (tertiary/aromatic N) is 2. The van der Waals surface area contributed by atoms with Gasteiger partial charge in [-0.05, 0) is 12.8 Å². The lowest BCUT2D eigenvalue weighted by Crippen LogP contribution is -2.44. The molecule has 1 aromatic heterocycles. The van der Waals surface area contributed by atoms with E-state index < -0.39 is 0 Å². The summed E-state index contributed by atoms with van der Waals surface area (Å²) < 4.78 is 0. The SMILES string of the molecule is CC(=O)N1CCC(NCc2ncc[nH]2)CC1. The Bertz CT molecular complexity index is 328. The lowest BCUT2D eigenvalue weighted by Gasteiger charge is -2.31. The lowest BCUT2D eigenvalue weighted by molar-refractivity contribution is -0.129. The van der Waals surface area contributed by atoms with Crippen LogP contribution in [0.25, 0.3) is 0 Å². The predicted molar refractivity (Wildman–Crippen MR) is 60.7 cm³/mol. The minimum absolute atomic E-state index is 0.185. The second-order valence-electron chi connectivity index (χ2n) is 4.20. The molecule has 2 heterocycles. The Labute approximate surface area is 95.2 Å². The lowest BCUT2D eigenvalue weighted by atomic mass is 10.1. The fourth-order valence-corrected chi connectivity index (χ4v) is 2.03. The number of hydrogen-bond donors (Lipinski definition) is 2. The van der Waals surface area contributed by atoms with Crippen LogP contribution in [-0.4, -0.2) is 39.9 Å². The summed E-state index contributed by atoms with van der Waals surface area (Å²) in [6.07, 6.45) is 5.64. The Hall–Kier alpha value is -1.36. The van der Waals surface area contributed by atoms with Gasteiger partial charge in [-0.1, -0.05) is 0 Å². The number of aromatic nitrogens is 2. The number of carbonyl (C=O) groups excluding carboxylic acids is 1. The zero-order chi connectivity index (χ0) is 11.4. The molecule has 88 valence electrons. The first-order valence-electron chi connectivity index (χ1n) is 5.73. The normalized spacial score (nSPS) is 17.7. The van der Waals surface area contributed by atoms with Crippen molar-refractivity contribution < 1.29 is 4.79 Å². The Kier molecular flexibility index (Phi) is 3.56. The van der Waals surface area contributed by atoms with E-state index >= 15 is 0 Å². The molecule has 0 aliphatic carbocycles. The molecule has 0 radical (unpaired) electrons. The van der Waals surface area contributed by atoms with Gasteiger partial charge in [0, 0.05) is 38.4 Å². The number of likely N-dealkylation sites (tertiary alicyclic amines) is 1. The molecule has 5 nitrogen and oxygen atoms in total. The van der Waals surface area contributed by atoms with Crippen LogP contribution in [0, 0.1) is 0 Å². The molecule has 0 bridgehead atoms. The summed E-state index contributed by atoms with van der Waals surface area (Å²) in [7, 11) is 0. The van der Waals surface area contributed by atoms with Crippen LogP contribution in [0.1, 0.15) is 25.6 Å². The summed E-state index contributed by atoms with van der Waals surface area (Å²) in [4.78, 5) is 20.3. The summed E-state index contributed by atoms with van der Waals surface area (Å²) in [6, 6.07) is 0.501. The summed E-state index contributed by atoms with van der Waals surface area (Å²) in [5.74, 6) is 1.15. The molecule has 1 fully saturated rings. The van der Waals surface area contributed by atoms with E-state index in [4.69, 9.17) is 0 Å². The van der Waals surface area contributed by atoms with E-state index in [2.05, 4.69) is 15.3 Å². The fourth-order valence-electron chi connectivity index (χ4n) is 2.03. The smallest absolute Gasteiger partial charge is 0.219 e. The van der Waals surface area contributed by atoms with Crippen LogP contribution in [0.3, 0.4) is 0 Å². The van der Waals surface area contributed by atoms with Gasteiger partial charge in [0.2, 0.25) is 5.91 Å². The van der Waals surface area contributed by atoms with Crippen LogP contribution in [0.15, 0.2) is 12.4 Å². The number of rotatable bonds is 3. The monoisotopic (exact) mass is 222 g/mol. The maximum atomic E-state index is 11.1. The average Bonchev–Trinajstić information content (AvgIpc) is 2.80. The molecule has 1 aliphatic heterocycles. The predicted octanol–water partition coefficient (Wildman–Crippen LogP) is 0.510. The average molecular weight is 222 g/mol. The van der Waals surface area contributed by atoms with Crippen molar-refractivity contribution in [2.24, 2.45) is 0 Å². The number of piperidine rings is 1. The van der Waals surface area contributed by atoms with Gasteiger partial charge in [-0.25, -0.2) is 4.98 Å². The van der Waals surface area contributed by atoms with Gasteiger partial charge in [0.15, 0.2) is 0 Å². The van der Waals surface area contributed by atoms with E-state index in [1.807, 2.05) is 11.1 Å². The van der Waals surface area contributed by atoms with Crippen molar-refractivity contribution >= 4 is 5.91 Å². The molecule has 1 saturated heterocycles. The molecule has 2 N–H and O–H groups in total. The summed E-state index contributed by atoms with van der Waals surface area (Å²) >= 11 is 0. The molecule has 0 atom stereocenters. The first-order chi connectivity index (χ1) is 7.75. The second kappa shape index (κ2) is 5.12. The van der Waals surface area contributed by atoms with Gasteiger partial charge in [-0.2, -0.15) is 0 Å². The van der Waals surface area contributed by atoms with Crippen LogP contribution in [0.5, 0.6) is 0 Å². The van der Waals surface area contributed by atoms with E-state index in [0.29, 0.717) is 6.04 Å². The van der Waals surface area contributed by atoms with Gasteiger partial charge in [0.05, 0.1) is 6.54 Å². The van der Waals surface area contributed by atoms with Gasteiger partial charge in [-0.15, -0.1) is 0 Å². The number of nitrogens with one attached hydrogen (secondary N) is 2. The number of H-pyrrole nitrogens is 1. The van der Waals surface area contributed by atoms with Gasteiger partial charge >= 0.3 is 0 Å². The highest BCUT2D eigenvalue weighted by atomic mass is 16.2. The van der Waals surface area contributed by atoms with Gasteiger partial charge in [0.25, 0.3) is 0 Å². The molecular weight excluding hydrogens is 204 g/mol. The highest BCUT2D eigenvalue weighted by Gasteiger charge is 2.20. The van der Waals surface area contributed by atoms with E-state index in [1.54, 1.807) is 13.1 Å². The van der Waals surface area contributed by atoms with E-state index in [-0.39, 0.29) is 5.91 Å². The molecule has 1 aliphatic rings. The summed E-state index contributed by atoms with van der Waals surface area (Å²) in [5, 5.41) is 3.45. The third-order valence-electron chi connectivity index (χ3n) is 3.05. The molecule has 0 unspecified atom stereocenters. The van der Waals surface area contributed by atoms with Crippen LogP contribution < -0.4 is 5.32 Å². The molecule has 0 aromatic carbocycles. The van der Waals surface area contributed by atoms with E-state index in [0.717, 1.165) is 38.3 Å². The van der Waals surface area contributed by atoms with Crippen molar-refractivity contribution in [3.05, 3.63) is 18.2 Å². The highest BCUT2D eigenvalue weighted by Crippen LogP contribution is 2.10. The molecule has 1 amide bonds. The molecule has 1 aromatic rings. The highest BCUT2D eigenvalue weighted by molar-refractivity contribution is 5.73. The Morgan fingerprint density at radius 3 is 2.94 bits per heavy atom. The Morgan fingerprint density at radius 2 is 2.38 bits per heavy atom. The first kappa shape index (κ1) is 11.1. The Balaban J connectivity index is 1.71. The van der Waals surface area contributed by atoms with Crippen molar-refractivity contribution in [3.8, 4) is 0 Å². The third-order valence-corrected chi connectivity index (χ3v) is 3.05. The second-order valence-corrected chi connectivity index (χ2v) is 4.20. The maximum Gasteiger partial charge on any atom is 0.219 e. The molecule has 2 rings (SSSR count). The standard InChI is InChI=1S/C11H18N4O/c1-9(16)15-6-2-10(3-7-15)14-8-11-12-4-5-13-11/h4-5,10,14H,2-3,6-8H2,1H3,(H,12,13). The van der Waals surface area contributed by atoms with Gasteiger partial charge < -0.3 is 15.2 Å². The van der Waals surface area contributed by atoms with Crippen molar-refractivity contribution in [1.82, 2.24) is 20.2 Å².